The summed E-state index contributed by atoms with van der Waals surface area (Å²) in [5.74, 6) is -0.179. The molecule has 0 unspecified atom stereocenters. The van der Waals surface area contributed by atoms with E-state index in [1.54, 1.807) is 0 Å². The number of hydrogen-bond donors (Lipinski definition) is 3. The number of rotatable bonds is 9. The van der Waals surface area contributed by atoms with Crippen LogP contribution in [0.1, 0.15) is 26.0 Å². The highest BCUT2D eigenvalue weighted by molar-refractivity contribution is 5.79. The third kappa shape index (κ3) is 6.35. The van der Waals surface area contributed by atoms with Crippen LogP contribution in [-0.4, -0.2) is 43.3 Å². The van der Waals surface area contributed by atoms with Crippen LogP contribution < -0.4 is 15.6 Å². The van der Waals surface area contributed by atoms with Gasteiger partial charge < -0.3 is 14.6 Å². The largest absolute Gasteiger partial charge is 0.433 e. The Hall–Kier alpha value is -2.42. The predicted molar refractivity (Wildman–Crippen MR) is 81.0 cm³/mol. The number of hydrogen-bond acceptors (Lipinski definition) is 5. The summed E-state index contributed by atoms with van der Waals surface area (Å²) in [6.45, 7) is 7.98. The normalized spacial score (nSPS) is 11.0. The van der Waals surface area contributed by atoms with Crippen LogP contribution in [0.2, 0.25) is 0 Å². The number of nitrogens with zero attached hydrogens (tertiary/aromatic N) is 2. The molecular weight excluding hydrogens is 290 g/mol. The fraction of sp³-hybridized carbons (Fsp3) is 0.538. The highest BCUT2D eigenvalue weighted by atomic mass is 16.6. The molecule has 0 aromatic carbocycles. The van der Waals surface area contributed by atoms with Crippen molar-refractivity contribution in [3.05, 3.63) is 28.0 Å². The number of nitro groups is 1. The van der Waals surface area contributed by atoms with Crippen molar-refractivity contribution < 1.29 is 19.0 Å². The van der Waals surface area contributed by atoms with E-state index in [1.165, 1.54) is 23.2 Å². The molecule has 122 valence electrons. The van der Waals surface area contributed by atoms with Crippen molar-refractivity contribution in [2.24, 2.45) is 5.10 Å². The lowest BCUT2D eigenvalue weighted by atomic mass is 10.3. The van der Waals surface area contributed by atoms with Crippen LogP contribution in [0.25, 0.3) is 0 Å². The van der Waals surface area contributed by atoms with Gasteiger partial charge in [-0.1, -0.05) is 0 Å². The molecule has 9 heteroatoms. The van der Waals surface area contributed by atoms with Crippen molar-refractivity contribution >= 4 is 18.1 Å². The highest BCUT2D eigenvalue weighted by Gasteiger charge is 2.10. The van der Waals surface area contributed by atoms with Gasteiger partial charge in [-0.05, 0) is 19.9 Å². The van der Waals surface area contributed by atoms with Gasteiger partial charge in [0.1, 0.15) is 4.92 Å². The number of carbonyl (C=O) groups is 1. The molecule has 1 heterocycles. The summed E-state index contributed by atoms with van der Waals surface area (Å²) in [5, 5.41) is 16.8. The van der Waals surface area contributed by atoms with E-state index < -0.39 is 11.0 Å². The minimum atomic E-state index is -0.643. The van der Waals surface area contributed by atoms with Crippen LogP contribution in [0.15, 0.2) is 21.7 Å². The van der Waals surface area contributed by atoms with E-state index in [2.05, 4.69) is 29.7 Å². The Morgan fingerprint density at radius 2 is 2.18 bits per heavy atom. The van der Waals surface area contributed by atoms with E-state index in [0.29, 0.717) is 6.54 Å². The van der Waals surface area contributed by atoms with Crippen molar-refractivity contribution in [1.29, 1.82) is 0 Å². The monoisotopic (exact) mass is 312 g/mol. The third-order valence-corrected chi connectivity index (χ3v) is 3.14. The molecule has 0 bridgehead atoms. The summed E-state index contributed by atoms with van der Waals surface area (Å²) >= 11 is 0. The second-order valence-electron chi connectivity index (χ2n) is 4.62. The maximum Gasteiger partial charge on any atom is 0.433 e. The zero-order chi connectivity index (χ0) is 16.4. The molecule has 1 aromatic heterocycles. The second-order valence-corrected chi connectivity index (χ2v) is 4.62. The van der Waals surface area contributed by atoms with Gasteiger partial charge >= 0.3 is 11.9 Å². The number of nitrogens with one attached hydrogen (secondary N) is 3. The zero-order valence-electron chi connectivity index (χ0n) is 12.8. The maximum absolute atomic E-state index is 11.4. The average molecular weight is 312 g/mol. The predicted octanol–water partition coefficient (Wildman–Crippen LogP) is 0.136. The summed E-state index contributed by atoms with van der Waals surface area (Å²) in [7, 11) is 0. The maximum atomic E-state index is 11.4. The Morgan fingerprint density at radius 3 is 2.77 bits per heavy atom. The molecule has 1 rings (SSSR count). The average Bonchev–Trinajstić information content (AvgIpc) is 2.96. The van der Waals surface area contributed by atoms with Crippen LogP contribution >= 0.6 is 0 Å². The Kier molecular flexibility index (Phi) is 7.62. The van der Waals surface area contributed by atoms with Crippen molar-refractivity contribution in [2.75, 3.05) is 26.2 Å². The fourth-order valence-electron chi connectivity index (χ4n) is 1.85. The van der Waals surface area contributed by atoms with Crippen molar-refractivity contribution in [3.8, 4) is 0 Å². The second kappa shape index (κ2) is 9.50. The molecule has 0 spiro atoms. The zero-order valence-corrected chi connectivity index (χ0v) is 12.8. The molecule has 22 heavy (non-hydrogen) atoms. The van der Waals surface area contributed by atoms with E-state index in [1.807, 2.05) is 0 Å². The van der Waals surface area contributed by atoms with Gasteiger partial charge in [-0.3, -0.25) is 10.1 Å². The van der Waals surface area contributed by atoms with Gasteiger partial charge in [0.05, 0.1) is 31.9 Å². The van der Waals surface area contributed by atoms with Crippen molar-refractivity contribution in [1.82, 2.24) is 10.7 Å². The molecule has 1 aromatic rings. The lowest BCUT2D eigenvalue weighted by molar-refractivity contribution is -0.896. The quantitative estimate of drug-likeness (QED) is 0.260. The van der Waals surface area contributed by atoms with Crippen molar-refractivity contribution in [2.45, 2.75) is 20.3 Å². The molecule has 0 atom stereocenters. The molecule has 0 saturated heterocycles. The molecule has 3 N–H and O–H groups in total. The van der Waals surface area contributed by atoms with Crippen LogP contribution in [0.5, 0.6) is 0 Å². The van der Waals surface area contributed by atoms with Gasteiger partial charge in [-0.25, -0.2) is 10.2 Å². The SMILES string of the molecule is CC[NH+](CC)CCCNC(=O)N/N=C/c1ccc([N+](=O)[O-])o1. The van der Waals surface area contributed by atoms with Crippen LogP contribution in [0, 0.1) is 10.1 Å². The molecule has 0 saturated carbocycles. The number of carbonyl (C=O) groups excluding carboxylic acids is 1. The standard InChI is InChI=1S/C13H21N5O4/c1-3-17(4-2)9-5-8-14-13(19)16-15-10-11-6-7-12(22-11)18(20)21/h6-7,10H,3-5,8-9H2,1-2H3,(H2,14,16,19)/p+1/b15-10+. The third-order valence-electron chi connectivity index (χ3n) is 3.14. The summed E-state index contributed by atoms with van der Waals surface area (Å²) in [4.78, 5) is 22.7. The van der Waals surface area contributed by atoms with Gasteiger partial charge in [-0.2, -0.15) is 5.10 Å². The Labute approximate surface area is 128 Å². The highest BCUT2D eigenvalue weighted by Crippen LogP contribution is 2.13. The summed E-state index contributed by atoms with van der Waals surface area (Å²) in [6, 6.07) is 2.19. The minimum Gasteiger partial charge on any atom is -0.400 e. The van der Waals surface area contributed by atoms with Gasteiger partial charge in [0.25, 0.3) is 0 Å². The number of furan rings is 1. The first kappa shape index (κ1) is 17.6. The summed E-state index contributed by atoms with van der Waals surface area (Å²) in [5.41, 5.74) is 2.27. The summed E-state index contributed by atoms with van der Waals surface area (Å²) < 4.78 is 4.85. The summed E-state index contributed by atoms with van der Waals surface area (Å²) in [6.07, 6.45) is 2.09. The molecule has 2 amide bonds. The van der Waals surface area contributed by atoms with Gasteiger partial charge in [0.2, 0.25) is 0 Å². The molecule has 0 aliphatic rings. The Balaban J connectivity index is 2.22. The Morgan fingerprint density at radius 1 is 1.45 bits per heavy atom. The lowest BCUT2D eigenvalue weighted by Gasteiger charge is -2.14. The van der Waals surface area contributed by atoms with Gasteiger partial charge in [0.15, 0.2) is 5.76 Å². The van der Waals surface area contributed by atoms with E-state index in [-0.39, 0.29) is 11.6 Å². The molecule has 0 aliphatic heterocycles. The van der Waals surface area contributed by atoms with Crippen LogP contribution in [0.3, 0.4) is 0 Å². The van der Waals surface area contributed by atoms with Gasteiger partial charge in [0, 0.05) is 13.0 Å². The van der Waals surface area contributed by atoms with E-state index >= 15 is 0 Å². The van der Waals surface area contributed by atoms with Crippen LogP contribution in [0.4, 0.5) is 10.7 Å². The molecule has 0 aliphatic carbocycles. The first-order chi connectivity index (χ1) is 10.6. The lowest BCUT2D eigenvalue weighted by Crippen LogP contribution is -3.11. The van der Waals surface area contributed by atoms with E-state index in [0.717, 1.165) is 26.1 Å². The molecular formula is C13H22N5O4+. The molecule has 0 radical (unpaired) electrons. The Bertz CT molecular complexity index is 510. The minimum absolute atomic E-state index is 0.192. The number of quaternary nitrogens is 1. The smallest absolute Gasteiger partial charge is 0.400 e. The molecule has 9 nitrogen and oxygen atoms in total. The number of urea groups is 1. The topological polar surface area (TPSA) is 114 Å². The van der Waals surface area contributed by atoms with E-state index in [9.17, 15) is 14.9 Å². The van der Waals surface area contributed by atoms with Crippen molar-refractivity contribution in [3.63, 3.8) is 0 Å². The van der Waals surface area contributed by atoms with Gasteiger partial charge in [-0.15, -0.1) is 0 Å². The first-order valence-electron chi connectivity index (χ1n) is 7.21. The number of amides is 2. The number of hydrazone groups is 1. The fourth-order valence-corrected chi connectivity index (χ4v) is 1.85. The molecule has 0 fully saturated rings. The first-order valence-corrected chi connectivity index (χ1v) is 7.21. The van der Waals surface area contributed by atoms with Crippen LogP contribution in [-0.2, 0) is 0 Å². The van der Waals surface area contributed by atoms with E-state index in [4.69, 9.17) is 4.42 Å².